The third-order valence-electron chi connectivity index (χ3n) is 4.57. The lowest BCUT2D eigenvalue weighted by molar-refractivity contribution is 0.151. The molecular weight excluding hydrogens is 236 g/mol. The normalized spacial score (nSPS) is 20.7. The summed E-state index contributed by atoms with van der Waals surface area (Å²) in [7, 11) is 0. The van der Waals surface area contributed by atoms with E-state index >= 15 is 0 Å². The first-order chi connectivity index (χ1) is 8.98. The molecule has 0 aromatic rings. The summed E-state index contributed by atoms with van der Waals surface area (Å²) in [6.45, 7) is 14.1. The molecule has 0 saturated carbocycles. The van der Waals surface area contributed by atoms with Gasteiger partial charge >= 0.3 is 0 Å². The summed E-state index contributed by atoms with van der Waals surface area (Å²) in [6, 6.07) is 0.599. The fourth-order valence-corrected chi connectivity index (χ4v) is 2.99. The van der Waals surface area contributed by atoms with Crippen molar-refractivity contribution in [2.24, 2.45) is 11.3 Å². The standard InChI is InChI=1S/C16H34N2O/c1-5-9-18-10-6-15(7-11-18)14(2)17-13-16(3,4)8-12-19/h14-15,17,19H,5-13H2,1-4H3. The van der Waals surface area contributed by atoms with Crippen LogP contribution in [-0.2, 0) is 0 Å². The van der Waals surface area contributed by atoms with Crippen molar-refractivity contribution >= 4 is 0 Å². The number of hydrogen-bond donors (Lipinski definition) is 2. The van der Waals surface area contributed by atoms with Crippen LogP contribution < -0.4 is 5.32 Å². The second-order valence-corrected chi connectivity index (χ2v) is 6.99. The summed E-state index contributed by atoms with van der Waals surface area (Å²) in [4.78, 5) is 2.60. The molecule has 1 saturated heterocycles. The summed E-state index contributed by atoms with van der Waals surface area (Å²) in [6.07, 6.45) is 4.80. The lowest BCUT2D eigenvalue weighted by atomic mass is 9.87. The van der Waals surface area contributed by atoms with Crippen LogP contribution >= 0.6 is 0 Å². The van der Waals surface area contributed by atoms with Gasteiger partial charge in [0.15, 0.2) is 0 Å². The van der Waals surface area contributed by atoms with Gasteiger partial charge in [0.1, 0.15) is 0 Å². The Morgan fingerprint density at radius 1 is 1.32 bits per heavy atom. The van der Waals surface area contributed by atoms with Crippen molar-refractivity contribution in [3.05, 3.63) is 0 Å². The van der Waals surface area contributed by atoms with E-state index < -0.39 is 0 Å². The molecule has 0 aromatic heterocycles. The Bertz CT molecular complexity index is 235. The molecule has 0 spiro atoms. The van der Waals surface area contributed by atoms with Gasteiger partial charge in [0.2, 0.25) is 0 Å². The number of piperidine rings is 1. The first-order valence-corrected chi connectivity index (χ1v) is 8.05. The minimum atomic E-state index is 0.200. The van der Waals surface area contributed by atoms with E-state index in [1.54, 1.807) is 0 Å². The highest BCUT2D eigenvalue weighted by molar-refractivity contribution is 4.81. The van der Waals surface area contributed by atoms with Gasteiger partial charge in [0, 0.05) is 19.2 Å². The predicted octanol–water partition coefficient (Wildman–Crippen LogP) is 2.50. The molecule has 1 heterocycles. The Morgan fingerprint density at radius 3 is 2.47 bits per heavy atom. The van der Waals surface area contributed by atoms with Crippen molar-refractivity contribution in [3.63, 3.8) is 0 Å². The topological polar surface area (TPSA) is 35.5 Å². The van der Waals surface area contributed by atoms with E-state index in [0.717, 1.165) is 18.9 Å². The minimum Gasteiger partial charge on any atom is -0.396 e. The van der Waals surface area contributed by atoms with Gasteiger partial charge in [-0.25, -0.2) is 0 Å². The molecule has 1 rings (SSSR count). The van der Waals surface area contributed by atoms with E-state index in [1.807, 2.05) is 0 Å². The summed E-state index contributed by atoms with van der Waals surface area (Å²) in [5, 5.41) is 12.8. The maximum absolute atomic E-state index is 9.06. The number of aliphatic hydroxyl groups is 1. The Labute approximate surface area is 119 Å². The quantitative estimate of drug-likeness (QED) is 0.711. The molecule has 0 radical (unpaired) electrons. The van der Waals surface area contributed by atoms with E-state index in [4.69, 9.17) is 5.11 Å². The molecule has 1 fully saturated rings. The van der Waals surface area contributed by atoms with Crippen LogP contribution in [0.1, 0.15) is 53.4 Å². The van der Waals surface area contributed by atoms with Crippen LogP contribution in [0.25, 0.3) is 0 Å². The minimum absolute atomic E-state index is 0.200. The molecule has 0 bridgehead atoms. The van der Waals surface area contributed by atoms with E-state index in [1.165, 1.54) is 38.9 Å². The van der Waals surface area contributed by atoms with Gasteiger partial charge < -0.3 is 15.3 Å². The number of nitrogens with zero attached hydrogens (tertiary/aromatic N) is 1. The van der Waals surface area contributed by atoms with Gasteiger partial charge in [0.25, 0.3) is 0 Å². The third kappa shape index (κ3) is 6.24. The fourth-order valence-electron chi connectivity index (χ4n) is 2.99. The third-order valence-corrected chi connectivity index (χ3v) is 4.57. The average molecular weight is 270 g/mol. The highest BCUT2D eigenvalue weighted by Crippen LogP contribution is 2.23. The molecule has 1 aliphatic heterocycles. The largest absolute Gasteiger partial charge is 0.396 e. The first kappa shape index (κ1) is 16.9. The number of aliphatic hydroxyl groups excluding tert-OH is 1. The van der Waals surface area contributed by atoms with Crippen LogP contribution in [0.3, 0.4) is 0 Å². The molecule has 19 heavy (non-hydrogen) atoms. The molecule has 0 aliphatic carbocycles. The van der Waals surface area contributed by atoms with Crippen LogP contribution in [-0.4, -0.2) is 48.8 Å². The monoisotopic (exact) mass is 270 g/mol. The SMILES string of the molecule is CCCN1CCC(C(C)NCC(C)(C)CCO)CC1. The average Bonchev–Trinajstić information content (AvgIpc) is 2.37. The first-order valence-electron chi connectivity index (χ1n) is 8.05. The molecule has 0 amide bonds. The predicted molar refractivity (Wildman–Crippen MR) is 82.4 cm³/mol. The Hall–Kier alpha value is -0.120. The number of nitrogens with one attached hydrogen (secondary N) is 1. The van der Waals surface area contributed by atoms with Crippen LogP contribution in [0.2, 0.25) is 0 Å². The van der Waals surface area contributed by atoms with Gasteiger partial charge in [-0.05, 0) is 63.6 Å². The molecule has 3 heteroatoms. The van der Waals surface area contributed by atoms with Crippen molar-refractivity contribution in [1.29, 1.82) is 0 Å². The maximum Gasteiger partial charge on any atom is 0.0436 e. The maximum atomic E-state index is 9.06. The summed E-state index contributed by atoms with van der Waals surface area (Å²) >= 11 is 0. The summed E-state index contributed by atoms with van der Waals surface area (Å²) in [5.74, 6) is 0.818. The second-order valence-electron chi connectivity index (χ2n) is 6.99. The van der Waals surface area contributed by atoms with E-state index in [9.17, 15) is 0 Å². The Kier molecular flexibility index (Phi) is 7.33. The lowest BCUT2D eigenvalue weighted by Gasteiger charge is -2.36. The van der Waals surface area contributed by atoms with Crippen LogP contribution in [0.15, 0.2) is 0 Å². The number of hydrogen-bond acceptors (Lipinski definition) is 3. The number of likely N-dealkylation sites (tertiary alicyclic amines) is 1. The van der Waals surface area contributed by atoms with Crippen molar-refractivity contribution in [1.82, 2.24) is 10.2 Å². The molecule has 1 unspecified atom stereocenters. The smallest absolute Gasteiger partial charge is 0.0436 e. The van der Waals surface area contributed by atoms with Crippen molar-refractivity contribution in [2.75, 3.05) is 32.8 Å². The van der Waals surface area contributed by atoms with Gasteiger partial charge in [-0.15, -0.1) is 0 Å². The fraction of sp³-hybridized carbons (Fsp3) is 1.00. The highest BCUT2D eigenvalue weighted by Gasteiger charge is 2.25. The van der Waals surface area contributed by atoms with Crippen molar-refractivity contribution in [3.8, 4) is 0 Å². The Morgan fingerprint density at radius 2 is 1.95 bits per heavy atom. The zero-order valence-corrected chi connectivity index (χ0v) is 13.4. The zero-order valence-electron chi connectivity index (χ0n) is 13.4. The van der Waals surface area contributed by atoms with E-state index in [2.05, 4.69) is 37.9 Å². The summed E-state index contributed by atoms with van der Waals surface area (Å²) < 4.78 is 0. The second kappa shape index (κ2) is 8.23. The zero-order chi connectivity index (χ0) is 14.3. The summed E-state index contributed by atoms with van der Waals surface area (Å²) in [5.41, 5.74) is 0.200. The van der Waals surface area contributed by atoms with E-state index in [-0.39, 0.29) is 5.41 Å². The molecule has 114 valence electrons. The molecule has 0 aromatic carbocycles. The van der Waals surface area contributed by atoms with Crippen molar-refractivity contribution < 1.29 is 5.11 Å². The van der Waals surface area contributed by atoms with E-state index in [0.29, 0.717) is 12.6 Å². The molecule has 1 atom stereocenters. The molecular formula is C16H34N2O. The van der Waals surface area contributed by atoms with Gasteiger partial charge in [-0.2, -0.15) is 0 Å². The molecule has 1 aliphatic rings. The van der Waals surface area contributed by atoms with Gasteiger partial charge in [-0.1, -0.05) is 20.8 Å². The van der Waals surface area contributed by atoms with Crippen molar-refractivity contribution in [2.45, 2.75) is 59.4 Å². The van der Waals surface area contributed by atoms with Crippen LogP contribution in [0.5, 0.6) is 0 Å². The Balaban J connectivity index is 2.25. The number of rotatable bonds is 8. The van der Waals surface area contributed by atoms with Gasteiger partial charge in [0.05, 0.1) is 0 Å². The molecule has 2 N–H and O–H groups in total. The van der Waals surface area contributed by atoms with Crippen LogP contribution in [0, 0.1) is 11.3 Å². The molecule has 3 nitrogen and oxygen atoms in total. The van der Waals surface area contributed by atoms with Gasteiger partial charge in [-0.3, -0.25) is 0 Å². The van der Waals surface area contributed by atoms with Crippen LogP contribution in [0.4, 0.5) is 0 Å². The highest BCUT2D eigenvalue weighted by atomic mass is 16.3. The lowest BCUT2D eigenvalue weighted by Crippen LogP contribution is -2.44.